The molecular formula is C18H23NO4. The minimum absolute atomic E-state index is 0.0304. The van der Waals surface area contributed by atoms with Gasteiger partial charge in [0.05, 0.1) is 12.8 Å². The molecule has 0 fully saturated rings. The summed E-state index contributed by atoms with van der Waals surface area (Å²) in [7, 11) is 1.55. The summed E-state index contributed by atoms with van der Waals surface area (Å²) in [5.41, 5.74) is -0.454. The van der Waals surface area contributed by atoms with Gasteiger partial charge in [-0.1, -0.05) is 25.2 Å². The first-order valence-electron chi connectivity index (χ1n) is 7.62. The first-order valence-corrected chi connectivity index (χ1v) is 7.62. The van der Waals surface area contributed by atoms with E-state index in [0.29, 0.717) is 30.0 Å². The van der Waals surface area contributed by atoms with Crippen LogP contribution in [-0.4, -0.2) is 36.4 Å². The molecule has 0 bridgehead atoms. The highest BCUT2D eigenvalue weighted by Crippen LogP contribution is 2.46. The zero-order valence-electron chi connectivity index (χ0n) is 13.5. The lowest BCUT2D eigenvalue weighted by Crippen LogP contribution is -2.44. The van der Waals surface area contributed by atoms with Gasteiger partial charge in [0.2, 0.25) is 0 Å². The molecule has 1 aliphatic heterocycles. The highest BCUT2D eigenvalue weighted by Gasteiger charge is 2.52. The van der Waals surface area contributed by atoms with Crippen LogP contribution in [0.5, 0.6) is 5.75 Å². The standard InChI is InChI=1S/C18H23NO4/c1-4-10-19-16-9-8-14(23-3)12-15(16)18(22,17(19)21)13(2)7-5-6-11-20/h4-5,7-9,12-13,20,22H,1,6,10-11H2,2-3H3/b7-5+/t13-,18+/m0/s1. The molecule has 5 nitrogen and oxygen atoms in total. The van der Waals surface area contributed by atoms with Crippen LogP contribution in [0.2, 0.25) is 0 Å². The molecule has 2 rings (SSSR count). The van der Waals surface area contributed by atoms with Crippen molar-refractivity contribution in [2.45, 2.75) is 18.9 Å². The third-order valence-electron chi connectivity index (χ3n) is 4.17. The predicted molar refractivity (Wildman–Crippen MR) is 89.4 cm³/mol. The summed E-state index contributed by atoms with van der Waals surface area (Å²) >= 11 is 0. The first-order chi connectivity index (χ1) is 11.0. The summed E-state index contributed by atoms with van der Waals surface area (Å²) in [6, 6.07) is 5.24. The lowest BCUT2D eigenvalue weighted by Gasteiger charge is -2.27. The van der Waals surface area contributed by atoms with Crippen molar-refractivity contribution in [3.63, 3.8) is 0 Å². The zero-order chi connectivity index (χ0) is 17.0. The fourth-order valence-electron chi connectivity index (χ4n) is 2.88. The Morgan fingerprint density at radius 3 is 2.83 bits per heavy atom. The van der Waals surface area contributed by atoms with E-state index in [1.807, 2.05) is 0 Å². The zero-order valence-corrected chi connectivity index (χ0v) is 13.5. The lowest BCUT2D eigenvalue weighted by molar-refractivity contribution is -0.139. The van der Waals surface area contributed by atoms with Gasteiger partial charge in [-0.15, -0.1) is 6.58 Å². The second-order valence-corrected chi connectivity index (χ2v) is 5.58. The Balaban J connectivity index is 2.51. The average Bonchev–Trinajstić information content (AvgIpc) is 2.78. The van der Waals surface area contributed by atoms with Crippen molar-refractivity contribution in [3.8, 4) is 5.75 Å². The predicted octanol–water partition coefficient (Wildman–Crippen LogP) is 1.99. The van der Waals surface area contributed by atoms with Gasteiger partial charge in [0.25, 0.3) is 5.91 Å². The van der Waals surface area contributed by atoms with E-state index in [9.17, 15) is 9.90 Å². The first kappa shape index (κ1) is 17.2. The molecule has 23 heavy (non-hydrogen) atoms. The molecule has 0 aromatic heterocycles. The molecule has 0 aliphatic carbocycles. The molecule has 1 aliphatic rings. The number of hydrogen-bond acceptors (Lipinski definition) is 4. The van der Waals surface area contributed by atoms with Crippen LogP contribution in [0, 0.1) is 5.92 Å². The Kier molecular flexibility index (Phi) is 5.23. The second-order valence-electron chi connectivity index (χ2n) is 5.58. The third kappa shape index (κ3) is 2.90. The molecule has 0 radical (unpaired) electrons. The molecule has 1 aromatic rings. The van der Waals surface area contributed by atoms with Crippen molar-refractivity contribution in [3.05, 3.63) is 48.6 Å². The number of rotatable bonds is 7. The van der Waals surface area contributed by atoms with Crippen molar-refractivity contribution in [1.29, 1.82) is 0 Å². The van der Waals surface area contributed by atoms with E-state index in [-0.39, 0.29) is 12.5 Å². The van der Waals surface area contributed by atoms with Gasteiger partial charge in [-0.3, -0.25) is 4.79 Å². The van der Waals surface area contributed by atoms with E-state index < -0.39 is 11.5 Å². The molecular weight excluding hydrogens is 294 g/mol. The number of nitrogens with zero attached hydrogens (tertiary/aromatic N) is 1. The number of fused-ring (bicyclic) bond motifs is 1. The third-order valence-corrected chi connectivity index (χ3v) is 4.17. The highest BCUT2D eigenvalue weighted by atomic mass is 16.5. The highest BCUT2D eigenvalue weighted by molar-refractivity contribution is 6.07. The van der Waals surface area contributed by atoms with Crippen LogP contribution in [0.3, 0.4) is 0 Å². The molecule has 2 atom stereocenters. The van der Waals surface area contributed by atoms with Crippen molar-refractivity contribution in [1.82, 2.24) is 0 Å². The summed E-state index contributed by atoms with van der Waals surface area (Å²) in [6.45, 7) is 5.82. The number of carbonyl (C=O) groups excluding carboxylic acids is 1. The Labute approximate surface area is 136 Å². The van der Waals surface area contributed by atoms with Gasteiger partial charge >= 0.3 is 0 Å². The summed E-state index contributed by atoms with van der Waals surface area (Å²) in [5.74, 6) is -0.231. The van der Waals surface area contributed by atoms with Crippen LogP contribution in [0.4, 0.5) is 5.69 Å². The number of methoxy groups -OCH3 is 1. The molecule has 124 valence electrons. The molecule has 0 saturated carbocycles. The number of ether oxygens (including phenoxy) is 1. The summed E-state index contributed by atoms with van der Waals surface area (Å²) in [6.07, 6.45) is 5.64. The topological polar surface area (TPSA) is 70.0 Å². The lowest BCUT2D eigenvalue weighted by atomic mass is 9.83. The molecule has 1 heterocycles. The van der Waals surface area contributed by atoms with Gasteiger partial charge in [-0.2, -0.15) is 0 Å². The van der Waals surface area contributed by atoms with E-state index in [1.165, 1.54) is 4.90 Å². The molecule has 1 aromatic carbocycles. The number of aliphatic hydroxyl groups excluding tert-OH is 1. The normalized spacial score (nSPS) is 21.6. The fraction of sp³-hybridized carbons (Fsp3) is 0.389. The quantitative estimate of drug-likeness (QED) is 0.755. The maximum absolute atomic E-state index is 12.9. The monoisotopic (exact) mass is 317 g/mol. The van der Waals surface area contributed by atoms with Gasteiger partial charge in [0, 0.05) is 24.6 Å². The van der Waals surface area contributed by atoms with Crippen molar-refractivity contribution >= 4 is 11.6 Å². The maximum Gasteiger partial charge on any atom is 0.264 e. The van der Waals surface area contributed by atoms with Gasteiger partial charge in [-0.05, 0) is 24.6 Å². The number of anilines is 1. The van der Waals surface area contributed by atoms with Gasteiger partial charge in [-0.25, -0.2) is 0 Å². The largest absolute Gasteiger partial charge is 0.497 e. The van der Waals surface area contributed by atoms with Crippen LogP contribution in [0.15, 0.2) is 43.0 Å². The van der Waals surface area contributed by atoms with E-state index in [4.69, 9.17) is 9.84 Å². The second kappa shape index (κ2) is 6.98. The number of benzene rings is 1. The van der Waals surface area contributed by atoms with Gasteiger partial charge in [0.15, 0.2) is 5.60 Å². The minimum atomic E-state index is -1.65. The van der Waals surface area contributed by atoms with Crippen LogP contribution in [-0.2, 0) is 10.4 Å². The molecule has 0 unspecified atom stereocenters. The van der Waals surface area contributed by atoms with Crippen LogP contribution < -0.4 is 9.64 Å². The Bertz CT molecular complexity index is 625. The number of amides is 1. The maximum atomic E-state index is 12.9. The Morgan fingerprint density at radius 2 is 2.22 bits per heavy atom. The minimum Gasteiger partial charge on any atom is -0.497 e. The van der Waals surface area contributed by atoms with Crippen molar-refractivity contribution < 1.29 is 19.7 Å². The van der Waals surface area contributed by atoms with Crippen LogP contribution in [0.1, 0.15) is 18.9 Å². The van der Waals surface area contributed by atoms with Gasteiger partial charge in [0.1, 0.15) is 5.75 Å². The molecule has 1 amide bonds. The smallest absolute Gasteiger partial charge is 0.264 e. The molecule has 0 spiro atoms. The SMILES string of the molecule is C=CCN1C(=O)[C@@](O)([C@@H](C)/C=C/CCO)c2cc(OC)ccc21. The average molecular weight is 317 g/mol. The summed E-state index contributed by atoms with van der Waals surface area (Å²) in [4.78, 5) is 14.4. The molecule has 5 heteroatoms. The number of carbonyl (C=O) groups is 1. The molecule has 2 N–H and O–H groups in total. The Morgan fingerprint density at radius 1 is 1.48 bits per heavy atom. The summed E-state index contributed by atoms with van der Waals surface area (Å²) < 4.78 is 5.23. The van der Waals surface area contributed by atoms with E-state index in [1.54, 1.807) is 50.5 Å². The van der Waals surface area contributed by atoms with E-state index in [0.717, 1.165) is 0 Å². The van der Waals surface area contributed by atoms with Gasteiger partial charge < -0.3 is 19.8 Å². The van der Waals surface area contributed by atoms with Crippen LogP contribution >= 0.6 is 0 Å². The summed E-state index contributed by atoms with van der Waals surface area (Å²) in [5, 5.41) is 20.1. The number of aliphatic hydroxyl groups is 2. The van der Waals surface area contributed by atoms with E-state index >= 15 is 0 Å². The molecule has 0 saturated heterocycles. The number of hydrogen-bond donors (Lipinski definition) is 2. The van der Waals surface area contributed by atoms with Crippen molar-refractivity contribution in [2.75, 3.05) is 25.2 Å². The Hall–Kier alpha value is -2.11. The van der Waals surface area contributed by atoms with Crippen molar-refractivity contribution in [2.24, 2.45) is 5.92 Å². The van der Waals surface area contributed by atoms with Crippen LogP contribution in [0.25, 0.3) is 0 Å². The van der Waals surface area contributed by atoms with E-state index in [2.05, 4.69) is 6.58 Å². The fourth-order valence-corrected chi connectivity index (χ4v) is 2.88.